The molecule has 0 aliphatic carbocycles. The van der Waals surface area contributed by atoms with Crippen molar-refractivity contribution >= 4 is 17.9 Å². The van der Waals surface area contributed by atoms with Crippen LogP contribution in [-0.4, -0.2) is 30.3 Å². The van der Waals surface area contributed by atoms with Gasteiger partial charge in [-0.15, -0.1) is 0 Å². The second-order valence-corrected chi connectivity index (χ2v) is 7.05. The van der Waals surface area contributed by atoms with Crippen LogP contribution in [0.4, 0.5) is 11.6 Å². The van der Waals surface area contributed by atoms with Gasteiger partial charge in [0.2, 0.25) is 5.95 Å². The molecule has 0 radical (unpaired) electrons. The molecule has 0 aliphatic rings. The van der Waals surface area contributed by atoms with Gasteiger partial charge in [-0.05, 0) is 23.8 Å². The number of aromatic nitrogens is 2. The summed E-state index contributed by atoms with van der Waals surface area (Å²) in [4.78, 5) is 11.4. The molecular weight excluding hydrogens is 370 g/mol. The average Bonchev–Trinajstić information content (AvgIpc) is 2.80. The predicted octanol–water partition coefficient (Wildman–Crippen LogP) is 5.32. The third-order valence-corrected chi connectivity index (χ3v) is 4.65. The molecule has 0 saturated carbocycles. The third-order valence-electron chi connectivity index (χ3n) is 4.65. The van der Waals surface area contributed by atoms with Gasteiger partial charge in [0, 0.05) is 30.9 Å². The van der Waals surface area contributed by atoms with Crippen molar-refractivity contribution in [2.45, 2.75) is 0 Å². The quantitative estimate of drug-likeness (QED) is 0.356. The second kappa shape index (κ2) is 9.01. The lowest BCUT2D eigenvalue weighted by Crippen LogP contribution is -2.08. The Kier molecular flexibility index (Phi) is 5.80. The van der Waals surface area contributed by atoms with Crippen molar-refractivity contribution in [2.24, 2.45) is 5.10 Å². The maximum Gasteiger partial charge on any atom is 0.244 e. The number of rotatable bonds is 6. The van der Waals surface area contributed by atoms with Gasteiger partial charge in [0.15, 0.2) is 0 Å². The zero-order chi connectivity index (χ0) is 20.8. The van der Waals surface area contributed by atoms with Crippen molar-refractivity contribution in [3.05, 3.63) is 96.6 Å². The highest BCUT2D eigenvalue weighted by Gasteiger charge is 2.08. The third kappa shape index (κ3) is 4.70. The van der Waals surface area contributed by atoms with Crippen LogP contribution >= 0.6 is 0 Å². The Balaban J connectivity index is 1.62. The minimum Gasteiger partial charge on any atom is -0.378 e. The fourth-order valence-electron chi connectivity index (χ4n) is 3.03. The first-order valence-electron chi connectivity index (χ1n) is 9.75. The highest BCUT2D eigenvalue weighted by molar-refractivity contribution is 5.81. The van der Waals surface area contributed by atoms with Crippen molar-refractivity contribution in [2.75, 3.05) is 24.4 Å². The van der Waals surface area contributed by atoms with E-state index in [0.717, 1.165) is 33.8 Å². The van der Waals surface area contributed by atoms with Gasteiger partial charge in [-0.1, -0.05) is 72.8 Å². The molecule has 1 aromatic heterocycles. The molecule has 5 nitrogen and oxygen atoms in total. The molecule has 0 aliphatic heterocycles. The average molecular weight is 393 g/mol. The maximum absolute atomic E-state index is 4.66. The van der Waals surface area contributed by atoms with E-state index in [2.05, 4.69) is 37.5 Å². The lowest BCUT2D eigenvalue weighted by molar-refractivity contribution is 1.12. The van der Waals surface area contributed by atoms with Gasteiger partial charge in [0.25, 0.3) is 0 Å². The summed E-state index contributed by atoms with van der Waals surface area (Å²) in [6.07, 6.45) is 1.76. The van der Waals surface area contributed by atoms with Gasteiger partial charge in [-0.2, -0.15) is 5.10 Å². The van der Waals surface area contributed by atoms with Gasteiger partial charge in [-0.25, -0.2) is 15.4 Å². The first-order chi connectivity index (χ1) is 14.7. The number of nitrogens with one attached hydrogen (secondary N) is 1. The van der Waals surface area contributed by atoms with Crippen LogP contribution < -0.4 is 10.3 Å². The molecule has 0 unspecified atom stereocenters. The lowest BCUT2D eigenvalue weighted by Gasteiger charge is -2.11. The van der Waals surface area contributed by atoms with Crippen molar-refractivity contribution in [3.63, 3.8) is 0 Å². The van der Waals surface area contributed by atoms with Crippen molar-refractivity contribution in [3.8, 4) is 22.5 Å². The van der Waals surface area contributed by atoms with E-state index in [1.165, 1.54) is 0 Å². The van der Waals surface area contributed by atoms with E-state index >= 15 is 0 Å². The highest BCUT2D eigenvalue weighted by atomic mass is 15.3. The Morgan fingerprint density at radius 1 is 0.733 bits per heavy atom. The molecule has 1 N–H and O–H groups in total. The molecule has 0 fully saturated rings. The van der Waals surface area contributed by atoms with Crippen LogP contribution in [0.25, 0.3) is 22.5 Å². The zero-order valence-electron chi connectivity index (χ0n) is 17.0. The molecule has 4 rings (SSSR count). The van der Waals surface area contributed by atoms with Crippen LogP contribution in [0.3, 0.4) is 0 Å². The summed E-state index contributed by atoms with van der Waals surface area (Å²) >= 11 is 0. The molecular formula is C25H23N5. The smallest absolute Gasteiger partial charge is 0.244 e. The maximum atomic E-state index is 4.66. The summed E-state index contributed by atoms with van der Waals surface area (Å²) in [5, 5.41) is 4.34. The van der Waals surface area contributed by atoms with Crippen molar-refractivity contribution in [1.29, 1.82) is 0 Å². The SMILES string of the molecule is CN(C)c1ccc(C=NNc2nc(-c3ccccc3)cc(-c3ccccc3)n2)cc1. The van der Waals surface area contributed by atoms with E-state index in [0.29, 0.717) is 5.95 Å². The van der Waals surface area contributed by atoms with Crippen molar-refractivity contribution in [1.82, 2.24) is 9.97 Å². The molecule has 1 heterocycles. The predicted molar refractivity (Wildman–Crippen MR) is 125 cm³/mol. The molecule has 30 heavy (non-hydrogen) atoms. The van der Waals surface area contributed by atoms with E-state index in [9.17, 15) is 0 Å². The molecule has 4 aromatic rings. The first-order valence-corrected chi connectivity index (χ1v) is 9.75. The van der Waals surface area contributed by atoms with Crippen LogP contribution in [0.2, 0.25) is 0 Å². The number of anilines is 2. The first kappa shape index (κ1) is 19.3. The molecule has 5 heteroatoms. The second-order valence-electron chi connectivity index (χ2n) is 7.05. The molecule has 0 saturated heterocycles. The Hall–Kier alpha value is -3.99. The van der Waals surface area contributed by atoms with Crippen LogP contribution in [0.5, 0.6) is 0 Å². The summed E-state index contributed by atoms with van der Waals surface area (Å²) in [6, 6.07) is 30.3. The normalized spacial score (nSPS) is 10.9. The van der Waals surface area contributed by atoms with Crippen LogP contribution in [-0.2, 0) is 0 Å². The Bertz CT molecular complexity index is 1060. The monoisotopic (exact) mass is 393 g/mol. The van der Waals surface area contributed by atoms with E-state index in [1.54, 1.807) is 6.21 Å². The van der Waals surface area contributed by atoms with Crippen LogP contribution in [0, 0.1) is 0 Å². The number of nitrogens with zero attached hydrogens (tertiary/aromatic N) is 4. The number of hydrogen-bond acceptors (Lipinski definition) is 5. The van der Waals surface area contributed by atoms with Gasteiger partial charge >= 0.3 is 0 Å². The molecule has 0 amide bonds. The number of benzene rings is 3. The molecule has 0 atom stereocenters. The summed E-state index contributed by atoms with van der Waals surface area (Å²) in [5.41, 5.74) is 8.88. The van der Waals surface area contributed by atoms with Crippen LogP contribution in [0.1, 0.15) is 5.56 Å². The summed E-state index contributed by atoms with van der Waals surface area (Å²) in [6.45, 7) is 0. The largest absolute Gasteiger partial charge is 0.378 e. The minimum atomic E-state index is 0.455. The molecule has 3 aromatic carbocycles. The van der Waals surface area contributed by atoms with Gasteiger partial charge < -0.3 is 4.90 Å². The van der Waals surface area contributed by atoms with Crippen LogP contribution in [0.15, 0.2) is 96.1 Å². The summed E-state index contributed by atoms with van der Waals surface area (Å²) < 4.78 is 0. The number of hydrazone groups is 1. The topological polar surface area (TPSA) is 53.4 Å². The molecule has 0 spiro atoms. The molecule has 0 bridgehead atoms. The van der Waals surface area contributed by atoms with E-state index < -0.39 is 0 Å². The molecule has 148 valence electrons. The Morgan fingerprint density at radius 3 is 1.77 bits per heavy atom. The number of hydrogen-bond donors (Lipinski definition) is 1. The van der Waals surface area contributed by atoms with E-state index in [4.69, 9.17) is 0 Å². The zero-order valence-corrected chi connectivity index (χ0v) is 17.0. The van der Waals surface area contributed by atoms with Gasteiger partial charge in [-0.3, -0.25) is 0 Å². The Morgan fingerprint density at radius 2 is 1.27 bits per heavy atom. The van der Waals surface area contributed by atoms with Gasteiger partial charge in [0.1, 0.15) is 0 Å². The van der Waals surface area contributed by atoms with Crippen molar-refractivity contribution < 1.29 is 0 Å². The fourth-order valence-corrected chi connectivity index (χ4v) is 3.03. The summed E-state index contributed by atoms with van der Waals surface area (Å²) in [5.74, 6) is 0.455. The standard InChI is InChI=1S/C25H23N5/c1-30(2)22-15-13-19(14-16-22)18-26-29-25-27-23(20-9-5-3-6-10-20)17-24(28-25)21-11-7-4-8-12-21/h3-18H,1-2H3,(H,27,28,29). The van der Waals surface area contributed by atoms with E-state index in [1.807, 2.05) is 93.0 Å². The lowest BCUT2D eigenvalue weighted by atomic mass is 10.1. The van der Waals surface area contributed by atoms with E-state index in [-0.39, 0.29) is 0 Å². The fraction of sp³-hybridized carbons (Fsp3) is 0.0800. The minimum absolute atomic E-state index is 0.455. The Labute approximate surface area is 176 Å². The van der Waals surface area contributed by atoms with Gasteiger partial charge in [0.05, 0.1) is 17.6 Å². The highest BCUT2D eigenvalue weighted by Crippen LogP contribution is 2.25. The summed E-state index contributed by atoms with van der Waals surface area (Å²) in [7, 11) is 4.04.